The molecule has 11 heteroatoms. The van der Waals surface area contributed by atoms with E-state index in [1.807, 2.05) is 0 Å². The van der Waals surface area contributed by atoms with Gasteiger partial charge in [0.15, 0.2) is 12.6 Å². The quantitative estimate of drug-likeness (QED) is 0.162. The van der Waals surface area contributed by atoms with Crippen molar-refractivity contribution in [1.82, 2.24) is 0 Å². The number of aliphatic hydroxyl groups is 7. The van der Waals surface area contributed by atoms with E-state index in [9.17, 15) is 35.7 Å². The molecule has 2 aliphatic rings. The summed E-state index contributed by atoms with van der Waals surface area (Å²) in [5.74, 6) is 0. The van der Waals surface area contributed by atoms with Crippen molar-refractivity contribution in [2.75, 3.05) is 19.8 Å². The van der Waals surface area contributed by atoms with Crippen LogP contribution in [0, 0.1) is 0 Å². The minimum Gasteiger partial charge on any atom is -0.394 e. The van der Waals surface area contributed by atoms with Gasteiger partial charge < -0.3 is 54.7 Å². The molecule has 2 heterocycles. The van der Waals surface area contributed by atoms with Gasteiger partial charge in [0.25, 0.3) is 0 Å². The highest BCUT2D eigenvalue weighted by molar-refractivity contribution is 4.91. The minimum absolute atomic E-state index is 0.316. The van der Waals surface area contributed by atoms with E-state index in [-0.39, 0.29) is 6.61 Å². The summed E-state index contributed by atoms with van der Waals surface area (Å²) in [6.45, 7) is 1.48. The number of hydrogen-bond donors (Lipinski definition) is 7. The number of hydrogen-bond acceptors (Lipinski definition) is 11. The lowest BCUT2D eigenvalue weighted by Gasteiger charge is -2.42. The standard InChI is InChI=1S/C20H38O11/c1-2-3-4-5-6-7-8-28-19-17(26)16(25)14(23)12(31-19)10-29-20-18(27)15(24)13(22)11(9-21)30-20/h11-27H,2-10H2,1H3/t11-,12-,13+,14+,15+,16+,17-,18-,19-,20-/m1/s1. The Balaban J connectivity index is 1.83. The molecule has 0 spiro atoms. The fourth-order valence-electron chi connectivity index (χ4n) is 3.67. The van der Waals surface area contributed by atoms with Gasteiger partial charge in [-0.25, -0.2) is 0 Å². The maximum atomic E-state index is 10.2. The maximum Gasteiger partial charge on any atom is 0.186 e. The molecule has 0 bridgehead atoms. The van der Waals surface area contributed by atoms with Gasteiger partial charge in [0.05, 0.1) is 13.2 Å². The Morgan fingerprint density at radius 1 is 0.613 bits per heavy atom. The number of aliphatic hydroxyl groups excluding tert-OH is 7. The van der Waals surface area contributed by atoms with Gasteiger partial charge in [-0.15, -0.1) is 0 Å². The Morgan fingerprint density at radius 2 is 1.13 bits per heavy atom. The second-order valence-corrected chi connectivity index (χ2v) is 8.18. The van der Waals surface area contributed by atoms with Crippen molar-refractivity contribution in [2.24, 2.45) is 0 Å². The van der Waals surface area contributed by atoms with Gasteiger partial charge in [-0.2, -0.15) is 0 Å². The summed E-state index contributed by atoms with van der Waals surface area (Å²) in [7, 11) is 0. The largest absolute Gasteiger partial charge is 0.394 e. The van der Waals surface area contributed by atoms with Crippen LogP contribution in [0.1, 0.15) is 45.4 Å². The molecule has 0 aromatic rings. The molecule has 10 atom stereocenters. The molecule has 0 saturated carbocycles. The first-order chi connectivity index (χ1) is 14.8. The molecule has 2 rings (SSSR count). The predicted octanol–water partition coefficient (Wildman–Crippen LogP) is -2.01. The lowest BCUT2D eigenvalue weighted by Crippen LogP contribution is -2.61. The van der Waals surface area contributed by atoms with E-state index < -0.39 is 68.0 Å². The SMILES string of the molecule is CCCCCCCCO[C@@H]1O[C@H](CO[C@@H]2O[C@H](CO)[C@H](O)[C@H](O)[C@H]2O)[C@H](O)[C@H](O)[C@H]1O. The molecule has 0 aromatic carbocycles. The second kappa shape index (κ2) is 13.3. The van der Waals surface area contributed by atoms with Crippen molar-refractivity contribution < 1.29 is 54.7 Å². The Bertz CT molecular complexity index is 494. The van der Waals surface area contributed by atoms with Crippen molar-refractivity contribution >= 4 is 0 Å². The zero-order chi connectivity index (χ0) is 23.0. The summed E-state index contributed by atoms with van der Waals surface area (Å²) < 4.78 is 21.7. The summed E-state index contributed by atoms with van der Waals surface area (Å²) in [6, 6.07) is 0. The average Bonchev–Trinajstić information content (AvgIpc) is 2.77. The first kappa shape index (κ1) is 26.8. The summed E-state index contributed by atoms with van der Waals surface area (Å²) in [5, 5.41) is 69.3. The summed E-state index contributed by atoms with van der Waals surface area (Å²) in [6.07, 6.45) is -7.70. The van der Waals surface area contributed by atoms with Crippen molar-refractivity contribution in [3.63, 3.8) is 0 Å². The molecule has 0 aliphatic carbocycles. The van der Waals surface area contributed by atoms with E-state index in [2.05, 4.69) is 6.92 Å². The van der Waals surface area contributed by atoms with Gasteiger partial charge in [0.1, 0.15) is 48.8 Å². The maximum absolute atomic E-state index is 10.2. The van der Waals surface area contributed by atoms with Crippen LogP contribution in [0.5, 0.6) is 0 Å². The van der Waals surface area contributed by atoms with Crippen LogP contribution in [0.3, 0.4) is 0 Å². The first-order valence-electron chi connectivity index (χ1n) is 11.0. The smallest absolute Gasteiger partial charge is 0.186 e. The van der Waals surface area contributed by atoms with Crippen molar-refractivity contribution in [3.05, 3.63) is 0 Å². The van der Waals surface area contributed by atoms with Crippen LogP contribution >= 0.6 is 0 Å². The van der Waals surface area contributed by atoms with Crippen molar-refractivity contribution in [2.45, 2.75) is 107 Å². The monoisotopic (exact) mass is 454 g/mol. The van der Waals surface area contributed by atoms with Crippen LogP contribution in [0.2, 0.25) is 0 Å². The molecule has 0 unspecified atom stereocenters. The van der Waals surface area contributed by atoms with Crippen LogP contribution in [0.15, 0.2) is 0 Å². The fourth-order valence-corrected chi connectivity index (χ4v) is 3.67. The molecular weight excluding hydrogens is 416 g/mol. The average molecular weight is 455 g/mol. The van der Waals surface area contributed by atoms with E-state index in [1.54, 1.807) is 0 Å². The highest BCUT2D eigenvalue weighted by atomic mass is 16.7. The Labute approximate surface area is 182 Å². The zero-order valence-corrected chi connectivity index (χ0v) is 17.9. The highest BCUT2D eigenvalue weighted by Crippen LogP contribution is 2.26. The van der Waals surface area contributed by atoms with E-state index in [4.69, 9.17) is 18.9 Å². The molecule has 7 N–H and O–H groups in total. The first-order valence-corrected chi connectivity index (χ1v) is 11.0. The number of unbranched alkanes of at least 4 members (excludes halogenated alkanes) is 5. The molecule has 2 aliphatic heterocycles. The van der Waals surface area contributed by atoms with Crippen LogP contribution in [-0.4, -0.2) is 117 Å². The highest BCUT2D eigenvalue weighted by Gasteiger charge is 2.47. The molecular formula is C20H38O11. The number of ether oxygens (including phenoxy) is 4. The van der Waals surface area contributed by atoms with Crippen molar-refractivity contribution in [3.8, 4) is 0 Å². The molecule has 0 aromatic heterocycles. The number of rotatable bonds is 12. The predicted molar refractivity (Wildman–Crippen MR) is 106 cm³/mol. The van der Waals surface area contributed by atoms with E-state index >= 15 is 0 Å². The Morgan fingerprint density at radius 3 is 1.74 bits per heavy atom. The molecule has 2 fully saturated rings. The third kappa shape index (κ3) is 7.27. The van der Waals surface area contributed by atoms with Crippen LogP contribution in [-0.2, 0) is 18.9 Å². The van der Waals surface area contributed by atoms with Gasteiger partial charge in [-0.05, 0) is 6.42 Å². The van der Waals surface area contributed by atoms with Gasteiger partial charge in [0.2, 0.25) is 0 Å². The molecule has 2 saturated heterocycles. The third-order valence-corrected chi connectivity index (χ3v) is 5.72. The summed E-state index contributed by atoms with van der Waals surface area (Å²) in [4.78, 5) is 0. The van der Waals surface area contributed by atoms with Crippen molar-refractivity contribution in [1.29, 1.82) is 0 Å². The Kier molecular flexibility index (Phi) is 11.5. The van der Waals surface area contributed by atoms with E-state index in [1.165, 1.54) is 6.42 Å². The van der Waals surface area contributed by atoms with Gasteiger partial charge in [0, 0.05) is 6.61 Å². The topological polar surface area (TPSA) is 179 Å². The van der Waals surface area contributed by atoms with Gasteiger partial charge >= 0.3 is 0 Å². The molecule has 0 amide bonds. The molecule has 31 heavy (non-hydrogen) atoms. The van der Waals surface area contributed by atoms with Crippen LogP contribution in [0.4, 0.5) is 0 Å². The Hall–Kier alpha value is -0.440. The fraction of sp³-hybridized carbons (Fsp3) is 1.00. The molecule has 184 valence electrons. The zero-order valence-electron chi connectivity index (χ0n) is 17.9. The summed E-state index contributed by atoms with van der Waals surface area (Å²) >= 11 is 0. The van der Waals surface area contributed by atoms with Crippen LogP contribution in [0.25, 0.3) is 0 Å². The summed E-state index contributed by atoms with van der Waals surface area (Å²) in [5.41, 5.74) is 0. The third-order valence-electron chi connectivity index (χ3n) is 5.72. The van der Waals surface area contributed by atoms with Crippen LogP contribution < -0.4 is 0 Å². The normalized spacial score (nSPS) is 41.4. The van der Waals surface area contributed by atoms with Gasteiger partial charge in [-0.1, -0.05) is 39.0 Å². The second-order valence-electron chi connectivity index (χ2n) is 8.18. The lowest BCUT2D eigenvalue weighted by atomic mass is 9.98. The van der Waals surface area contributed by atoms with Gasteiger partial charge in [-0.3, -0.25) is 0 Å². The van der Waals surface area contributed by atoms with E-state index in [0.717, 1.165) is 32.1 Å². The molecule has 11 nitrogen and oxygen atoms in total. The molecule has 0 radical (unpaired) electrons. The van der Waals surface area contributed by atoms with E-state index in [0.29, 0.717) is 6.61 Å². The lowest BCUT2D eigenvalue weighted by molar-refractivity contribution is -0.331. The minimum atomic E-state index is -1.60.